The summed E-state index contributed by atoms with van der Waals surface area (Å²) in [6.45, 7) is 10.2. The monoisotopic (exact) mass is 650 g/mol. The number of benzene rings is 2. The van der Waals surface area contributed by atoms with Crippen molar-refractivity contribution >= 4 is 50.3 Å². The molecule has 1 aromatic heterocycles. The van der Waals surface area contributed by atoms with Crippen molar-refractivity contribution in [3.8, 4) is 16.9 Å². The third-order valence-electron chi connectivity index (χ3n) is 8.49. The van der Waals surface area contributed by atoms with Gasteiger partial charge in [0.05, 0.1) is 15.5 Å². The molecule has 0 aliphatic carbocycles. The quantitative estimate of drug-likeness (QED) is 0.157. The standard InChI is InChI=1S/C34H42N4O3S3/c1-5-7-12-26(6-2)22-37-33(39)31(43-34(37)42)19-28-23-38(29-14-9-8-10-15-29)35-32(28)27-13-11-16-30(18-27)44(40,41)36-20-24(3)17-25(4)21-36/h8-11,13-16,18-19,23-26H,5-7,12,17,20-22H2,1-4H3. The number of aromatic nitrogens is 2. The topological polar surface area (TPSA) is 75.5 Å². The Morgan fingerprint density at radius 1 is 1.07 bits per heavy atom. The highest BCUT2D eigenvalue weighted by atomic mass is 32.2. The molecule has 0 spiro atoms. The SMILES string of the molecule is CCCCC(CC)CN1C(=O)C(=Cc2cn(-c3ccccc3)nc2-c2cccc(S(=O)(=O)N3CC(C)CC(C)C3)c2)SC1=S. The third kappa shape index (κ3) is 7.19. The molecule has 2 aliphatic rings. The average Bonchev–Trinajstić information content (AvgIpc) is 3.55. The lowest BCUT2D eigenvalue weighted by atomic mass is 9.94. The summed E-state index contributed by atoms with van der Waals surface area (Å²) in [7, 11) is -3.68. The molecule has 5 rings (SSSR count). The van der Waals surface area contributed by atoms with Crippen LogP contribution in [-0.2, 0) is 14.8 Å². The second-order valence-electron chi connectivity index (χ2n) is 12.2. The van der Waals surface area contributed by atoms with Gasteiger partial charge in [0.1, 0.15) is 10.0 Å². The molecule has 0 N–H and O–H groups in total. The van der Waals surface area contributed by atoms with Crippen LogP contribution in [0.15, 0.2) is 70.6 Å². The van der Waals surface area contributed by atoms with E-state index in [1.807, 2.05) is 48.7 Å². The lowest BCUT2D eigenvalue weighted by Gasteiger charge is -2.34. The average molecular weight is 651 g/mol. The van der Waals surface area contributed by atoms with Crippen molar-refractivity contribution in [1.29, 1.82) is 0 Å². The summed E-state index contributed by atoms with van der Waals surface area (Å²) in [6, 6.07) is 16.8. The van der Waals surface area contributed by atoms with Gasteiger partial charge in [0, 0.05) is 37.0 Å². The van der Waals surface area contributed by atoms with Crippen LogP contribution in [0, 0.1) is 17.8 Å². The number of thioether (sulfide) groups is 1. The molecule has 0 saturated carbocycles. The van der Waals surface area contributed by atoms with E-state index < -0.39 is 10.0 Å². The Hall–Kier alpha value is -2.79. The zero-order chi connectivity index (χ0) is 31.4. The van der Waals surface area contributed by atoms with E-state index in [2.05, 4.69) is 27.7 Å². The highest BCUT2D eigenvalue weighted by Gasteiger charge is 2.34. The van der Waals surface area contributed by atoms with Gasteiger partial charge in [0.25, 0.3) is 5.91 Å². The lowest BCUT2D eigenvalue weighted by molar-refractivity contribution is -0.122. The van der Waals surface area contributed by atoms with Gasteiger partial charge in [-0.15, -0.1) is 0 Å². The molecular formula is C34H42N4O3S3. The van der Waals surface area contributed by atoms with Crippen LogP contribution in [0.25, 0.3) is 23.0 Å². The number of sulfonamides is 1. The normalized spacial score (nSPS) is 21.4. The molecule has 44 heavy (non-hydrogen) atoms. The lowest BCUT2D eigenvalue weighted by Crippen LogP contribution is -2.42. The maximum Gasteiger partial charge on any atom is 0.266 e. The molecule has 0 radical (unpaired) electrons. The van der Waals surface area contributed by atoms with E-state index in [0.29, 0.717) is 57.9 Å². The van der Waals surface area contributed by atoms with Gasteiger partial charge in [-0.25, -0.2) is 13.1 Å². The first-order chi connectivity index (χ1) is 21.1. The Labute approximate surface area is 271 Å². The molecule has 2 fully saturated rings. The van der Waals surface area contributed by atoms with Gasteiger partial charge in [0.15, 0.2) is 0 Å². The van der Waals surface area contributed by atoms with Crippen LogP contribution < -0.4 is 0 Å². The van der Waals surface area contributed by atoms with Gasteiger partial charge in [-0.2, -0.15) is 9.40 Å². The van der Waals surface area contributed by atoms with E-state index >= 15 is 0 Å². The van der Waals surface area contributed by atoms with Gasteiger partial charge in [-0.1, -0.05) is 101 Å². The fraction of sp³-hybridized carbons (Fsp3) is 0.441. The molecule has 2 aliphatic heterocycles. The first-order valence-corrected chi connectivity index (χ1v) is 18.3. The molecule has 3 aromatic rings. The molecule has 1 amide bonds. The first-order valence-electron chi connectivity index (χ1n) is 15.6. The number of carbonyl (C=O) groups is 1. The van der Waals surface area contributed by atoms with Crippen LogP contribution in [0.4, 0.5) is 0 Å². The van der Waals surface area contributed by atoms with Crippen LogP contribution in [0.1, 0.15) is 65.4 Å². The smallest absolute Gasteiger partial charge is 0.266 e. The highest BCUT2D eigenvalue weighted by molar-refractivity contribution is 8.26. The number of thiocarbonyl (C=S) groups is 1. The number of amides is 1. The number of para-hydroxylation sites is 1. The van der Waals surface area contributed by atoms with Gasteiger partial charge >= 0.3 is 0 Å². The van der Waals surface area contributed by atoms with Gasteiger partial charge in [0.2, 0.25) is 10.0 Å². The highest BCUT2D eigenvalue weighted by Crippen LogP contribution is 2.37. The number of hydrogen-bond donors (Lipinski definition) is 0. The van der Waals surface area contributed by atoms with Gasteiger partial charge in [-0.3, -0.25) is 9.69 Å². The molecule has 7 nitrogen and oxygen atoms in total. The fourth-order valence-corrected chi connectivity index (χ4v) is 9.15. The first kappa shape index (κ1) is 32.6. The second kappa shape index (κ2) is 14.1. The molecule has 3 unspecified atom stereocenters. The van der Waals surface area contributed by atoms with Crippen molar-refractivity contribution in [1.82, 2.24) is 19.0 Å². The Kier molecular flexibility index (Phi) is 10.4. The second-order valence-corrected chi connectivity index (χ2v) is 15.8. The molecule has 2 aromatic carbocycles. The number of rotatable bonds is 11. The number of hydrogen-bond acceptors (Lipinski definition) is 6. The predicted octanol–water partition coefficient (Wildman–Crippen LogP) is 7.62. The maximum atomic E-state index is 13.8. The summed E-state index contributed by atoms with van der Waals surface area (Å²) in [5.41, 5.74) is 2.86. The van der Waals surface area contributed by atoms with Crippen molar-refractivity contribution < 1.29 is 13.2 Å². The van der Waals surface area contributed by atoms with E-state index in [1.54, 1.807) is 32.1 Å². The summed E-state index contributed by atoms with van der Waals surface area (Å²) >= 11 is 6.99. The van der Waals surface area contributed by atoms with Crippen LogP contribution in [0.2, 0.25) is 0 Å². The van der Waals surface area contributed by atoms with E-state index in [-0.39, 0.29) is 10.8 Å². The van der Waals surface area contributed by atoms with Crippen molar-refractivity contribution in [3.05, 3.63) is 71.3 Å². The fourth-order valence-electron chi connectivity index (χ4n) is 6.16. The Balaban J connectivity index is 1.51. The molecule has 10 heteroatoms. The molecule has 0 bridgehead atoms. The summed E-state index contributed by atoms with van der Waals surface area (Å²) in [5, 5.41) is 4.91. The predicted molar refractivity (Wildman–Crippen MR) is 184 cm³/mol. The van der Waals surface area contributed by atoms with Crippen LogP contribution in [-0.4, -0.2) is 57.3 Å². The molecular weight excluding hydrogens is 609 g/mol. The van der Waals surface area contributed by atoms with Gasteiger partial charge < -0.3 is 0 Å². The minimum Gasteiger partial charge on any atom is -0.293 e. The zero-order valence-electron chi connectivity index (χ0n) is 26.0. The molecule has 3 atom stereocenters. The van der Waals surface area contributed by atoms with Crippen LogP contribution in [0.5, 0.6) is 0 Å². The maximum absolute atomic E-state index is 13.8. The van der Waals surface area contributed by atoms with E-state index in [1.165, 1.54) is 11.8 Å². The number of carbonyl (C=O) groups excluding carboxylic acids is 1. The van der Waals surface area contributed by atoms with Crippen molar-refractivity contribution in [2.75, 3.05) is 19.6 Å². The molecule has 234 valence electrons. The van der Waals surface area contributed by atoms with E-state index in [4.69, 9.17) is 17.3 Å². The van der Waals surface area contributed by atoms with Crippen LogP contribution >= 0.6 is 24.0 Å². The summed E-state index contributed by atoms with van der Waals surface area (Å²) < 4.78 is 31.5. The zero-order valence-corrected chi connectivity index (χ0v) is 28.4. The largest absolute Gasteiger partial charge is 0.293 e. The Morgan fingerprint density at radius 3 is 2.48 bits per heavy atom. The Morgan fingerprint density at radius 2 is 1.80 bits per heavy atom. The number of nitrogens with zero attached hydrogens (tertiary/aromatic N) is 4. The molecule has 2 saturated heterocycles. The molecule has 3 heterocycles. The summed E-state index contributed by atoms with van der Waals surface area (Å²) in [6.07, 6.45) is 9.10. The van der Waals surface area contributed by atoms with Crippen molar-refractivity contribution in [2.45, 2.75) is 64.7 Å². The number of unbranched alkanes of at least 4 members (excludes halogenated alkanes) is 1. The van der Waals surface area contributed by atoms with Crippen LogP contribution in [0.3, 0.4) is 0 Å². The Bertz CT molecular complexity index is 1620. The van der Waals surface area contributed by atoms with E-state index in [0.717, 1.165) is 43.4 Å². The van der Waals surface area contributed by atoms with Crippen molar-refractivity contribution in [3.63, 3.8) is 0 Å². The summed E-state index contributed by atoms with van der Waals surface area (Å²) in [4.78, 5) is 16.2. The van der Waals surface area contributed by atoms with Crippen molar-refractivity contribution in [2.24, 2.45) is 17.8 Å². The minimum atomic E-state index is -3.68. The number of piperidine rings is 1. The summed E-state index contributed by atoms with van der Waals surface area (Å²) in [5.74, 6) is 0.937. The van der Waals surface area contributed by atoms with E-state index in [9.17, 15) is 13.2 Å². The third-order valence-corrected chi connectivity index (χ3v) is 11.7. The van der Waals surface area contributed by atoms with Gasteiger partial charge in [-0.05, 0) is 60.9 Å². The minimum absolute atomic E-state index is 0.0852.